The number of aliphatic hydroxyl groups excluding tert-OH is 1. The smallest absolute Gasteiger partial charge is 0.245 e. The second-order valence-electron chi connectivity index (χ2n) is 6.19. The number of benzene rings is 1. The van der Waals surface area contributed by atoms with E-state index in [4.69, 9.17) is 0 Å². The minimum absolute atomic E-state index is 0.397. The van der Waals surface area contributed by atoms with Gasteiger partial charge in [0.1, 0.15) is 5.69 Å². The van der Waals surface area contributed by atoms with Crippen LogP contribution >= 0.6 is 23.1 Å². The topological polar surface area (TPSA) is 99.6 Å². The van der Waals surface area contributed by atoms with Gasteiger partial charge in [0, 0.05) is 17.7 Å². The number of unbranched alkanes of at least 4 members (excludes halogenated alkanes) is 1. The monoisotopic (exact) mass is 443 g/mol. The number of aromatic nitrogens is 1. The molecule has 2 rings (SSSR count). The van der Waals surface area contributed by atoms with E-state index in [9.17, 15) is 18.3 Å². The second-order valence-corrected chi connectivity index (χ2v) is 10.2. The molecule has 0 saturated carbocycles. The molecule has 1 heterocycles. The molecule has 10 heteroatoms. The fourth-order valence-corrected chi connectivity index (χ4v) is 4.99. The van der Waals surface area contributed by atoms with Gasteiger partial charge in [0.25, 0.3) is 0 Å². The Hall–Kier alpha value is -1.46. The number of nitrogens with zero attached hydrogens (tertiary/aromatic N) is 2. The van der Waals surface area contributed by atoms with Crippen molar-refractivity contribution in [3.8, 4) is 0 Å². The normalized spacial score (nSPS) is 12.7. The van der Waals surface area contributed by atoms with Gasteiger partial charge in [-0.25, -0.2) is 23.2 Å². The molecule has 0 saturated heterocycles. The number of carbonyl (C=O) groups excluding carboxylic acids is 1. The highest BCUT2D eigenvalue weighted by Gasteiger charge is 2.18. The van der Waals surface area contributed by atoms with Gasteiger partial charge in [-0.05, 0) is 24.1 Å². The third kappa shape index (κ3) is 6.85. The maximum Gasteiger partial charge on any atom is 0.245 e. The molecule has 0 fully saturated rings. The van der Waals surface area contributed by atoms with Gasteiger partial charge >= 0.3 is 0 Å². The third-order valence-electron chi connectivity index (χ3n) is 3.88. The van der Waals surface area contributed by atoms with Crippen LogP contribution in [0.5, 0.6) is 0 Å². The summed E-state index contributed by atoms with van der Waals surface area (Å²) >= 11 is 2.83. The lowest BCUT2D eigenvalue weighted by atomic mass is 10.0. The highest BCUT2D eigenvalue weighted by Crippen LogP contribution is 2.24. The number of carbonyl (C=O) groups is 1. The van der Waals surface area contributed by atoms with Crippen LogP contribution in [0, 0.1) is 0 Å². The summed E-state index contributed by atoms with van der Waals surface area (Å²) in [5.74, 6) is 0.589. The number of hydrogen-bond acceptors (Lipinski definition) is 8. The minimum atomic E-state index is -3.52. The van der Waals surface area contributed by atoms with Crippen molar-refractivity contribution in [2.24, 2.45) is 0 Å². The third-order valence-corrected chi connectivity index (χ3v) is 6.92. The molecule has 1 unspecified atom stereocenters. The van der Waals surface area contributed by atoms with Crippen LogP contribution in [0.25, 0.3) is 0 Å². The van der Waals surface area contributed by atoms with Crippen LogP contribution in [0.2, 0.25) is 0 Å². The summed E-state index contributed by atoms with van der Waals surface area (Å²) < 4.78 is 26.2. The fourth-order valence-electron chi connectivity index (χ4n) is 2.47. The van der Waals surface area contributed by atoms with Crippen molar-refractivity contribution < 1.29 is 18.3 Å². The number of sulfonamides is 1. The van der Waals surface area contributed by atoms with Gasteiger partial charge < -0.3 is 5.11 Å². The van der Waals surface area contributed by atoms with E-state index in [-0.39, 0.29) is 0 Å². The summed E-state index contributed by atoms with van der Waals surface area (Å²) in [6.07, 6.45) is 3.92. The molecular weight excluding hydrogens is 418 g/mol. The first-order chi connectivity index (χ1) is 13.3. The first-order valence-corrected chi connectivity index (χ1v) is 12.6. The molecule has 2 aromatic rings. The van der Waals surface area contributed by atoms with E-state index in [1.807, 2.05) is 0 Å². The van der Waals surface area contributed by atoms with Crippen molar-refractivity contribution in [1.82, 2.24) is 10.4 Å². The molecule has 0 aliphatic heterocycles. The largest absolute Gasteiger partial charge is 0.388 e. The van der Waals surface area contributed by atoms with E-state index < -0.39 is 16.1 Å². The highest BCUT2D eigenvalue weighted by molar-refractivity contribution is 8.01. The first kappa shape index (κ1) is 22.8. The zero-order chi connectivity index (χ0) is 20.6. The Morgan fingerprint density at radius 3 is 2.64 bits per heavy atom. The average molecular weight is 444 g/mol. The molecule has 1 atom stereocenters. The molecule has 1 aromatic carbocycles. The lowest BCUT2D eigenvalue weighted by molar-refractivity contribution is 0.111. The molecule has 0 spiro atoms. The summed E-state index contributed by atoms with van der Waals surface area (Å²) in [4.78, 5) is 14.8. The van der Waals surface area contributed by atoms with Crippen LogP contribution in [-0.4, -0.2) is 43.3 Å². The number of rotatable bonds is 12. The zero-order valence-electron chi connectivity index (χ0n) is 15.9. The Kier molecular flexibility index (Phi) is 8.90. The standard InChI is InChI=1S/C18H25N3O4S3/c1-3-4-5-17(23)14-6-8-16(9-7-14)21(28(2,24)25)19-10-11-26-18-20-15(12-22)13-27-18/h6-9,12-13,17,19,23H,3-5,10-11H2,1-2H3. The fraction of sp³-hybridized carbons (Fsp3) is 0.444. The van der Waals surface area contributed by atoms with Crippen molar-refractivity contribution in [3.05, 3.63) is 40.9 Å². The van der Waals surface area contributed by atoms with Crippen LogP contribution < -0.4 is 9.84 Å². The van der Waals surface area contributed by atoms with Crippen molar-refractivity contribution in [1.29, 1.82) is 0 Å². The summed E-state index contributed by atoms with van der Waals surface area (Å²) in [5, 5.41) is 11.8. The van der Waals surface area contributed by atoms with Crippen molar-refractivity contribution in [2.75, 3.05) is 23.0 Å². The van der Waals surface area contributed by atoms with E-state index in [0.29, 0.717) is 36.4 Å². The lowest BCUT2D eigenvalue weighted by Gasteiger charge is -2.23. The van der Waals surface area contributed by atoms with Crippen LogP contribution in [0.4, 0.5) is 5.69 Å². The van der Waals surface area contributed by atoms with Gasteiger partial charge in [0.05, 0.1) is 18.0 Å². The van der Waals surface area contributed by atoms with Crippen LogP contribution in [-0.2, 0) is 10.0 Å². The van der Waals surface area contributed by atoms with Gasteiger partial charge in [-0.2, -0.15) is 0 Å². The Morgan fingerprint density at radius 2 is 2.07 bits per heavy atom. The number of aliphatic hydroxyl groups is 1. The molecule has 2 N–H and O–H groups in total. The van der Waals surface area contributed by atoms with E-state index in [1.165, 1.54) is 23.1 Å². The number of thiazole rings is 1. The number of anilines is 1. The number of nitrogens with one attached hydrogen (secondary N) is 1. The van der Waals surface area contributed by atoms with Crippen LogP contribution in [0.3, 0.4) is 0 Å². The zero-order valence-corrected chi connectivity index (χ0v) is 18.3. The van der Waals surface area contributed by atoms with Crippen LogP contribution in [0.15, 0.2) is 34.0 Å². The predicted octanol–water partition coefficient (Wildman–Crippen LogP) is 3.24. The predicted molar refractivity (Wildman–Crippen MR) is 114 cm³/mol. The Bertz CT molecular complexity index is 853. The van der Waals surface area contributed by atoms with E-state index in [0.717, 1.165) is 33.4 Å². The molecule has 7 nitrogen and oxygen atoms in total. The number of thioether (sulfide) groups is 1. The van der Waals surface area contributed by atoms with Gasteiger partial charge in [-0.1, -0.05) is 43.7 Å². The molecule has 28 heavy (non-hydrogen) atoms. The van der Waals surface area contributed by atoms with Gasteiger partial charge in [0.2, 0.25) is 10.0 Å². The van der Waals surface area contributed by atoms with E-state index in [1.54, 1.807) is 29.6 Å². The van der Waals surface area contributed by atoms with E-state index in [2.05, 4.69) is 17.3 Å². The van der Waals surface area contributed by atoms with Gasteiger partial charge in [-0.3, -0.25) is 4.79 Å². The molecule has 0 aliphatic rings. The van der Waals surface area contributed by atoms with E-state index >= 15 is 0 Å². The average Bonchev–Trinajstić information content (AvgIpc) is 3.13. The Morgan fingerprint density at radius 1 is 1.36 bits per heavy atom. The number of hydrazine groups is 1. The van der Waals surface area contributed by atoms with Crippen molar-refractivity contribution in [3.63, 3.8) is 0 Å². The molecule has 0 bridgehead atoms. The van der Waals surface area contributed by atoms with Crippen LogP contribution in [0.1, 0.15) is 48.3 Å². The molecular formula is C18H25N3O4S3. The van der Waals surface area contributed by atoms with Gasteiger partial charge in [0.15, 0.2) is 10.6 Å². The Labute approximate surface area is 174 Å². The summed E-state index contributed by atoms with van der Waals surface area (Å²) in [7, 11) is -3.52. The molecule has 154 valence electrons. The minimum Gasteiger partial charge on any atom is -0.388 e. The lowest BCUT2D eigenvalue weighted by Crippen LogP contribution is -2.43. The quantitative estimate of drug-likeness (QED) is 0.225. The highest BCUT2D eigenvalue weighted by atomic mass is 32.2. The second kappa shape index (κ2) is 10.9. The summed E-state index contributed by atoms with van der Waals surface area (Å²) in [5.41, 5.74) is 4.58. The maximum atomic E-state index is 12.2. The van der Waals surface area contributed by atoms with Crippen molar-refractivity contribution in [2.45, 2.75) is 36.6 Å². The molecule has 1 aromatic heterocycles. The Balaban J connectivity index is 1.96. The van der Waals surface area contributed by atoms with Gasteiger partial charge in [-0.15, -0.1) is 11.3 Å². The van der Waals surface area contributed by atoms with Crippen molar-refractivity contribution >= 4 is 45.1 Å². The number of aldehydes is 1. The summed E-state index contributed by atoms with van der Waals surface area (Å²) in [6, 6.07) is 6.87. The summed E-state index contributed by atoms with van der Waals surface area (Å²) in [6.45, 7) is 2.47. The SMILES string of the molecule is CCCCC(O)c1ccc(N(NCCSc2nc(C=O)cs2)S(C)(=O)=O)cc1. The molecule has 0 radical (unpaired) electrons. The number of hydrogen-bond donors (Lipinski definition) is 2. The molecule has 0 aliphatic carbocycles. The molecule has 0 amide bonds. The first-order valence-electron chi connectivity index (χ1n) is 8.90. The maximum absolute atomic E-state index is 12.2.